The van der Waals surface area contributed by atoms with Gasteiger partial charge in [0, 0.05) is 13.1 Å². The van der Waals surface area contributed by atoms with Gasteiger partial charge < -0.3 is 30.2 Å². The summed E-state index contributed by atoms with van der Waals surface area (Å²) in [5.74, 6) is 0.707. The Morgan fingerprint density at radius 2 is 1.44 bits per heavy atom. The van der Waals surface area contributed by atoms with E-state index in [-0.39, 0.29) is 56.6 Å². The van der Waals surface area contributed by atoms with Crippen molar-refractivity contribution in [3.05, 3.63) is 118 Å². The van der Waals surface area contributed by atoms with Crippen LogP contribution in [0.25, 0.3) is 38.9 Å². The summed E-state index contributed by atoms with van der Waals surface area (Å²) in [5.41, 5.74) is 7.50. The van der Waals surface area contributed by atoms with Crippen molar-refractivity contribution in [1.82, 2.24) is 35.3 Å². The Hall–Kier alpha value is -5.34. The molecular formula is C47H52IN7O4. The lowest BCUT2D eigenvalue weighted by Crippen LogP contribution is -2.51. The Morgan fingerprint density at radius 1 is 0.814 bits per heavy atom. The maximum atomic E-state index is 14.0. The first kappa shape index (κ1) is 40.4. The van der Waals surface area contributed by atoms with Crippen molar-refractivity contribution in [2.24, 2.45) is 5.92 Å². The van der Waals surface area contributed by atoms with Gasteiger partial charge in [-0.2, -0.15) is 0 Å². The first-order valence-corrected chi connectivity index (χ1v) is 22.8. The third-order valence-corrected chi connectivity index (χ3v) is 14.3. The zero-order chi connectivity index (χ0) is 41.2. The van der Waals surface area contributed by atoms with Gasteiger partial charge in [-0.3, -0.25) is 14.5 Å². The van der Waals surface area contributed by atoms with Crippen molar-refractivity contribution in [1.29, 1.82) is 0 Å². The summed E-state index contributed by atoms with van der Waals surface area (Å²) >= 11 is -0.363. The number of rotatable bonds is 11. The Kier molecular flexibility index (Phi) is 12.0. The van der Waals surface area contributed by atoms with Crippen molar-refractivity contribution in [2.45, 2.75) is 63.7 Å². The van der Waals surface area contributed by atoms with Crippen LogP contribution in [0.1, 0.15) is 68.6 Å². The summed E-state index contributed by atoms with van der Waals surface area (Å²) in [6.07, 6.45) is 4.89. The van der Waals surface area contributed by atoms with Crippen LogP contribution in [0, 0.1) is 5.92 Å². The summed E-state index contributed by atoms with van der Waals surface area (Å²) in [4.78, 5) is 53.7. The number of methoxy groups -OCH3 is 1. The Morgan fingerprint density at radius 3 is 2.12 bits per heavy atom. The molecular weight excluding hydrogens is 853 g/mol. The molecule has 306 valence electrons. The zero-order valence-corrected chi connectivity index (χ0v) is 36.4. The highest BCUT2D eigenvalue weighted by Crippen LogP contribution is 2.35. The molecule has 2 saturated heterocycles. The topological polar surface area (TPSA) is 123 Å². The van der Waals surface area contributed by atoms with Gasteiger partial charge >= 0.3 is 6.09 Å². The molecule has 0 aliphatic carbocycles. The minimum atomic E-state index is -0.674. The average molecular weight is 906 g/mol. The van der Waals surface area contributed by atoms with Crippen LogP contribution in [0.2, 0.25) is 0 Å². The van der Waals surface area contributed by atoms with E-state index in [1.807, 2.05) is 74.3 Å². The van der Waals surface area contributed by atoms with Gasteiger partial charge in [-0.15, -0.1) is 0 Å². The predicted molar refractivity (Wildman–Crippen MR) is 243 cm³/mol. The number of halogens is 1. The van der Waals surface area contributed by atoms with E-state index in [2.05, 4.69) is 85.3 Å². The number of alkyl carbamates (subject to hydrolysis) is 1. The van der Waals surface area contributed by atoms with Gasteiger partial charge in [0.1, 0.15) is 17.9 Å². The van der Waals surface area contributed by atoms with Gasteiger partial charge in [-0.1, -0.05) is 113 Å². The molecule has 0 unspecified atom stereocenters. The third-order valence-electron chi connectivity index (χ3n) is 11.7. The van der Waals surface area contributed by atoms with E-state index < -0.39 is 12.1 Å². The van der Waals surface area contributed by atoms with Crippen molar-refractivity contribution >= 4 is 58.7 Å². The van der Waals surface area contributed by atoms with Gasteiger partial charge in [0.15, 0.2) is 0 Å². The quantitative estimate of drug-likeness (QED) is 0.114. The molecule has 0 radical (unpaired) electrons. The number of ether oxygens (including phenoxy) is 1. The van der Waals surface area contributed by atoms with Gasteiger partial charge in [0.05, 0.1) is 40.4 Å². The van der Waals surface area contributed by atoms with E-state index in [1.165, 1.54) is 21.5 Å². The number of carbonyl (C=O) groups excluding carboxylic acids is 3. The fraction of sp³-hybridized carbons (Fsp3) is 0.340. The smallest absolute Gasteiger partial charge is 0.407 e. The van der Waals surface area contributed by atoms with Crippen molar-refractivity contribution < 1.29 is 19.1 Å². The van der Waals surface area contributed by atoms with Crippen LogP contribution in [0.4, 0.5) is 4.79 Å². The molecule has 59 heavy (non-hydrogen) atoms. The number of fused-ring (bicyclic) bond motifs is 1. The number of imidazole rings is 1. The van der Waals surface area contributed by atoms with Crippen LogP contribution in [0.15, 0.2) is 101 Å². The number of aromatic amines is 1. The Labute approximate surface area is 356 Å². The number of carbonyl (C=O) groups is 3. The lowest BCUT2D eigenvalue weighted by Gasteiger charge is -2.32. The second-order valence-electron chi connectivity index (χ2n) is 16.2. The van der Waals surface area contributed by atoms with Gasteiger partial charge in [0.2, 0.25) is 11.8 Å². The molecule has 3 amide bonds. The van der Waals surface area contributed by atoms with E-state index in [4.69, 9.17) is 9.72 Å². The molecule has 12 heteroatoms. The number of nitrogens with one attached hydrogen (secondary N) is 3. The molecule has 3 aliphatic heterocycles. The van der Waals surface area contributed by atoms with Crippen LogP contribution in [-0.4, -0.2) is 92.6 Å². The van der Waals surface area contributed by atoms with Crippen molar-refractivity contribution in [3.8, 4) is 22.4 Å². The van der Waals surface area contributed by atoms with E-state index in [9.17, 15) is 14.4 Å². The summed E-state index contributed by atoms with van der Waals surface area (Å²) in [6, 6.07) is 30.8. The number of hydrogen-bond acceptors (Lipinski definition) is 7. The van der Waals surface area contributed by atoms with Crippen LogP contribution >= 0.6 is 20.7 Å². The number of nitrogens with zero attached hydrogens (tertiary/aromatic N) is 4. The van der Waals surface area contributed by atoms with E-state index in [0.29, 0.717) is 6.54 Å². The molecule has 4 heterocycles. The average Bonchev–Trinajstić information content (AvgIpc) is 4.09. The number of hydrogen-bond donors (Lipinski definition) is 3. The van der Waals surface area contributed by atoms with Crippen LogP contribution < -0.4 is 10.6 Å². The van der Waals surface area contributed by atoms with Crippen molar-refractivity contribution in [3.63, 3.8) is 0 Å². The SMILES string of the molecule is COC(=O)N[C@H](C(=O)N1CCC[C@H]1c1ncc(-c2ccc(-c3ccc4cc(C5=CI=C([C@@H]6CCCN6C(=O)[C@@H](c6ccccc6)N(C)C)N5)ccc4c3)cc2)[nH]1)C(C)C. The van der Waals surface area contributed by atoms with Gasteiger partial charge in [-0.05, 0) is 101 Å². The van der Waals surface area contributed by atoms with Gasteiger partial charge in [-0.25, -0.2) is 9.78 Å². The highest BCUT2D eigenvalue weighted by Gasteiger charge is 2.39. The molecule has 8 rings (SSSR count). The number of likely N-dealkylation sites (N-methyl/N-ethyl adjacent to an activating group) is 1. The normalized spacial score (nSPS) is 19.0. The fourth-order valence-corrected chi connectivity index (χ4v) is 11.3. The Bertz CT molecular complexity index is 2410. The standard InChI is InChI=1S/C47H52IN7O4/c1-29(2)41(52-47(58)59-5)45(56)55-24-10-14-40(55)44-49-28-38(51-44)31-17-15-30(16-18-31)33-19-20-35-26-36(22-21-34(35)25-33)37-27-48-43(50-37)39-13-9-23-54(39)46(57)42(53(3)4)32-11-7-6-8-12-32/h6-8,11-12,15-22,25-29,39-42,50H,9-10,13-14,23-24H2,1-5H3,(H,49,51)(H,52,58)/t39-,40-,41-,42+/m0/s1. The minimum absolute atomic E-state index is 0.0924. The molecule has 2 fully saturated rings. The lowest BCUT2D eigenvalue weighted by molar-refractivity contribution is -0.136. The second-order valence-corrected chi connectivity index (χ2v) is 18.6. The second kappa shape index (κ2) is 17.5. The summed E-state index contributed by atoms with van der Waals surface area (Å²) < 4.78 is 8.45. The maximum Gasteiger partial charge on any atom is 0.407 e. The first-order valence-electron chi connectivity index (χ1n) is 20.4. The minimum Gasteiger partial charge on any atom is -0.453 e. The predicted octanol–water partition coefficient (Wildman–Crippen LogP) is 8.24. The number of H-pyrrole nitrogens is 1. The molecule has 5 aromatic rings. The van der Waals surface area contributed by atoms with E-state index >= 15 is 0 Å². The molecule has 4 aromatic carbocycles. The molecule has 1 aromatic heterocycles. The lowest BCUT2D eigenvalue weighted by atomic mass is 9.98. The Balaban J connectivity index is 0.917. The largest absolute Gasteiger partial charge is 0.453 e. The third kappa shape index (κ3) is 8.42. The monoisotopic (exact) mass is 905 g/mol. The number of aromatic nitrogens is 2. The van der Waals surface area contributed by atoms with Crippen LogP contribution in [-0.2, 0) is 14.3 Å². The molecule has 11 nitrogen and oxygen atoms in total. The molecule has 4 atom stereocenters. The fourth-order valence-electron chi connectivity index (χ4n) is 8.62. The van der Waals surface area contributed by atoms with Crippen molar-refractivity contribution in [2.75, 3.05) is 34.3 Å². The highest BCUT2D eigenvalue weighted by molar-refractivity contribution is 14.2. The molecule has 0 bridgehead atoms. The van der Waals surface area contributed by atoms with E-state index in [1.54, 1.807) is 0 Å². The molecule has 3 aliphatic rings. The van der Waals surface area contributed by atoms with Crippen LogP contribution in [0.3, 0.4) is 0 Å². The summed E-state index contributed by atoms with van der Waals surface area (Å²) in [6.45, 7) is 5.23. The summed E-state index contributed by atoms with van der Waals surface area (Å²) in [7, 11) is 5.27. The number of benzene rings is 4. The zero-order valence-electron chi connectivity index (χ0n) is 34.2. The molecule has 3 N–H and O–H groups in total. The van der Waals surface area contributed by atoms with E-state index in [0.717, 1.165) is 77.3 Å². The molecule has 0 saturated carbocycles. The summed E-state index contributed by atoms with van der Waals surface area (Å²) in [5, 5.41) is 8.84. The molecule has 0 spiro atoms. The highest BCUT2D eigenvalue weighted by atomic mass is 127. The maximum absolute atomic E-state index is 14.0. The van der Waals surface area contributed by atoms with Gasteiger partial charge in [0.25, 0.3) is 0 Å². The number of amides is 3. The number of likely N-dealkylation sites (tertiary alicyclic amines) is 2. The first-order chi connectivity index (χ1) is 28.6. The van der Waals surface area contributed by atoms with Crippen LogP contribution in [0.5, 0.6) is 0 Å².